The summed E-state index contributed by atoms with van der Waals surface area (Å²) in [6, 6.07) is 3.50. The van der Waals surface area contributed by atoms with Gasteiger partial charge in [0.25, 0.3) is 5.69 Å². The molecular formula is C12H15NO7. The van der Waals surface area contributed by atoms with Crippen molar-refractivity contribution >= 4 is 11.7 Å². The molecule has 0 bridgehead atoms. The van der Waals surface area contributed by atoms with E-state index in [1.165, 1.54) is 12.1 Å². The number of hydrogen-bond acceptors (Lipinski definition) is 7. The molecule has 0 atom stereocenters. The van der Waals surface area contributed by atoms with E-state index in [1.807, 2.05) is 0 Å². The molecule has 0 spiro atoms. The number of aromatic hydroxyl groups is 1. The molecule has 8 heteroatoms. The van der Waals surface area contributed by atoms with E-state index in [-0.39, 0.29) is 43.6 Å². The van der Waals surface area contributed by atoms with Crippen molar-refractivity contribution in [1.29, 1.82) is 0 Å². The number of carbonyl (C=O) groups excluding carboxylic acids is 1. The number of non-ortho nitro benzene ring substituents is 1. The number of phenols is 1. The summed E-state index contributed by atoms with van der Waals surface area (Å²) in [6.45, 7) is 2.01. The van der Waals surface area contributed by atoms with Gasteiger partial charge in [-0.25, -0.2) is 4.79 Å². The number of hydrogen-bond donors (Lipinski definition) is 1. The third-order valence-electron chi connectivity index (χ3n) is 2.16. The van der Waals surface area contributed by atoms with Gasteiger partial charge in [-0.3, -0.25) is 10.1 Å². The summed E-state index contributed by atoms with van der Waals surface area (Å²) in [4.78, 5) is 20.8. The van der Waals surface area contributed by atoms with Gasteiger partial charge in [-0.2, -0.15) is 0 Å². The average molecular weight is 285 g/mol. The molecule has 0 saturated heterocycles. The second-order valence-electron chi connectivity index (χ2n) is 3.62. The number of nitro groups is 1. The van der Waals surface area contributed by atoms with Crippen LogP contribution in [-0.2, 0) is 14.3 Å². The first-order chi connectivity index (χ1) is 9.54. The van der Waals surface area contributed by atoms with Crippen LogP contribution >= 0.6 is 0 Å². The zero-order valence-electron chi connectivity index (χ0n) is 10.9. The number of esters is 1. The van der Waals surface area contributed by atoms with E-state index in [9.17, 15) is 20.0 Å². The molecule has 8 nitrogen and oxygen atoms in total. The molecule has 1 aromatic carbocycles. The minimum atomic E-state index is -0.619. The van der Waals surface area contributed by atoms with Crippen LogP contribution in [0.25, 0.3) is 0 Å². The normalized spacial score (nSPS) is 10.1. The van der Waals surface area contributed by atoms with Crippen LogP contribution in [0.4, 0.5) is 5.69 Å². The molecule has 0 fully saturated rings. The maximum atomic E-state index is 10.9. The number of phenolic OH excluding ortho intramolecular Hbond substituents is 1. The van der Waals surface area contributed by atoms with Crippen molar-refractivity contribution < 1.29 is 29.0 Å². The van der Waals surface area contributed by atoms with Gasteiger partial charge in [-0.1, -0.05) is 0 Å². The van der Waals surface area contributed by atoms with Gasteiger partial charge in [0, 0.05) is 6.07 Å². The van der Waals surface area contributed by atoms with Gasteiger partial charge < -0.3 is 19.3 Å². The predicted molar refractivity (Wildman–Crippen MR) is 67.7 cm³/mol. The Morgan fingerprint density at radius 2 is 2.15 bits per heavy atom. The Kier molecular flexibility index (Phi) is 6.24. The molecule has 0 unspecified atom stereocenters. The summed E-state index contributed by atoms with van der Waals surface area (Å²) >= 11 is 0. The first-order valence-corrected chi connectivity index (χ1v) is 5.88. The molecule has 0 aliphatic rings. The second kappa shape index (κ2) is 7.95. The van der Waals surface area contributed by atoms with Crippen LogP contribution in [0.3, 0.4) is 0 Å². The largest absolute Gasteiger partial charge is 0.504 e. The second-order valence-corrected chi connectivity index (χ2v) is 3.62. The van der Waals surface area contributed by atoms with Crippen molar-refractivity contribution in [1.82, 2.24) is 0 Å². The summed E-state index contributed by atoms with van der Waals surface area (Å²) < 4.78 is 14.8. The molecule has 0 radical (unpaired) electrons. The monoisotopic (exact) mass is 285 g/mol. The third-order valence-corrected chi connectivity index (χ3v) is 2.16. The van der Waals surface area contributed by atoms with Crippen molar-refractivity contribution in [2.45, 2.75) is 6.92 Å². The Balaban J connectivity index is 2.32. The topological polar surface area (TPSA) is 108 Å². The number of ether oxygens (including phenoxy) is 3. The smallest absolute Gasteiger partial charge is 0.332 e. The molecule has 0 heterocycles. The number of nitrogens with zero attached hydrogens (tertiary/aromatic N) is 1. The Labute approximate surface area is 115 Å². The van der Waals surface area contributed by atoms with Crippen molar-refractivity contribution in [3.8, 4) is 11.5 Å². The van der Waals surface area contributed by atoms with Crippen LogP contribution in [-0.4, -0.2) is 42.4 Å². The van der Waals surface area contributed by atoms with Gasteiger partial charge in [0.1, 0.15) is 13.2 Å². The van der Waals surface area contributed by atoms with E-state index in [2.05, 4.69) is 4.74 Å². The summed E-state index contributed by atoms with van der Waals surface area (Å²) in [6.07, 6.45) is 0. The minimum absolute atomic E-state index is 0.0881. The summed E-state index contributed by atoms with van der Waals surface area (Å²) in [5.74, 6) is -0.689. The van der Waals surface area contributed by atoms with Gasteiger partial charge in [0.2, 0.25) is 0 Å². The molecule has 0 saturated carbocycles. The van der Waals surface area contributed by atoms with Crippen LogP contribution in [0.5, 0.6) is 11.5 Å². The molecule has 1 aromatic rings. The van der Waals surface area contributed by atoms with Gasteiger partial charge in [-0.05, 0) is 13.0 Å². The predicted octanol–water partition coefficient (Wildman–Crippen LogP) is 1.26. The zero-order chi connectivity index (χ0) is 15.0. The highest BCUT2D eigenvalue weighted by Crippen LogP contribution is 2.29. The van der Waals surface area contributed by atoms with Crippen molar-refractivity contribution in [2.24, 2.45) is 0 Å². The van der Waals surface area contributed by atoms with E-state index >= 15 is 0 Å². The van der Waals surface area contributed by atoms with Crippen LogP contribution in [0.15, 0.2) is 18.2 Å². The van der Waals surface area contributed by atoms with Crippen LogP contribution in [0.1, 0.15) is 6.92 Å². The quantitative estimate of drug-likeness (QED) is 0.331. The summed E-state index contributed by atoms with van der Waals surface area (Å²) in [5.41, 5.74) is -0.228. The van der Waals surface area contributed by atoms with Crippen LogP contribution < -0.4 is 4.74 Å². The molecule has 0 amide bonds. The molecule has 0 aliphatic heterocycles. The van der Waals surface area contributed by atoms with E-state index in [1.54, 1.807) is 6.92 Å². The van der Waals surface area contributed by atoms with E-state index in [0.29, 0.717) is 0 Å². The molecule has 1 rings (SSSR count). The molecular weight excluding hydrogens is 270 g/mol. The lowest BCUT2D eigenvalue weighted by Gasteiger charge is -2.08. The highest BCUT2D eigenvalue weighted by atomic mass is 16.6. The standard InChI is InChI=1S/C12H15NO7/c1-2-19-12(15)8-18-5-6-20-11-4-3-9(13(16)17)7-10(11)14/h3-4,7,14H,2,5-6,8H2,1H3. The molecule has 1 N–H and O–H groups in total. The van der Waals surface area contributed by atoms with Gasteiger partial charge in [-0.15, -0.1) is 0 Å². The number of carbonyl (C=O) groups is 1. The highest BCUT2D eigenvalue weighted by molar-refractivity contribution is 5.70. The Bertz CT molecular complexity index is 475. The molecule has 110 valence electrons. The maximum absolute atomic E-state index is 10.9. The number of rotatable bonds is 8. The fourth-order valence-electron chi connectivity index (χ4n) is 1.31. The lowest BCUT2D eigenvalue weighted by Crippen LogP contribution is -2.15. The van der Waals surface area contributed by atoms with Crippen LogP contribution in [0, 0.1) is 10.1 Å². The average Bonchev–Trinajstić information content (AvgIpc) is 2.40. The minimum Gasteiger partial charge on any atom is -0.504 e. The maximum Gasteiger partial charge on any atom is 0.332 e. The SMILES string of the molecule is CCOC(=O)COCCOc1ccc([N+](=O)[O-])cc1O. The highest BCUT2D eigenvalue weighted by Gasteiger charge is 2.10. The van der Waals surface area contributed by atoms with E-state index < -0.39 is 10.9 Å². The lowest BCUT2D eigenvalue weighted by molar-refractivity contribution is -0.385. The fourth-order valence-corrected chi connectivity index (χ4v) is 1.31. The van der Waals surface area contributed by atoms with Gasteiger partial charge in [0.15, 0.2) is 11.5 Å². The first kappa shape index (κ1) is 15.7. The summed E-state index contributed by atoms with van der Waals surface area (Å²) in [7, 11) is 0. The first-order valence-electron chi connectivity index (χ1n) is 5.88. The zero-order valence-corrected chi connectivity index (χ0v) is 10.9. The van der Waals surface area contributed by atoms with Crippen LogP contribution in [0.2, 0.25) is 0 Å². The molecule has 0 aromatic heterocycles. The van der Waals surface area contributed by atoms with Gasteiger partial charge >= 0.3 is 5.97 Å². The van der Waals surface area contributed by atoms with E-state index in [0.717, 1.165) is 6.07 Å². The Hall–Kier alpha value is -2.35. The molecule has 20 heavy (non-hydrogen) atoms. The number of nitro benzene ring substituents is 1. The van der Waals surface area contributed by atoms with Crippen molar-refractivity contribution in [2.75, 3.05) is 26.4 Å². The lowest BCUT2D eigenvalue weighted by atomic mass is 10.3. The fraction of sp³-hybridized carbons (Fsp3) is 0.417. The van der Waals surface area contributed by atoms with Gasteiger partial charge in [0.05, 0.1) is 24.2 Å². The number of benzene rings is 1. The summed E-state index contributed by atoms with van der Waals surface area (Å²) in [5, 5.41) is 20.0. The third kappa shape index (κ3) is 5.11. The Morgan fingerprint density at radius 1 is 1.40 bits per heavy atom. The van der Waals surface area contributed by atoms with Crippen molar-refractivity contribution in [3.63, 3.8) is 0 Å². The molecule has 0 aliphatic carbocycles. The Morgan fingerprint density at radius 3 is 2.75 bits per heavy atom. The van der Waals surface area contributed by atoms with Crippen molar-refractivity contribution in [3.05, 3.63) is 28.3 Å². The van der Waals surface area contributed by atoms with E-state index in [4.69, 9.17) is 9.47 Å².